The number of para-hydroxylation sites is 1. The average Bonchev–Trinajstić information content (AvgIpc) is 2.70. The maximum atomic E-state index is 12.7. The second-order valence-corrected chi connectivity index (χ2v) is 5.50. The Morgan fingerprint density at radius 3 is 2.42 bits per heavy atom. The SMILES string of the molecule is COc1ccc(C(=O)/C=C/c2ccnc3ccccc23)c(OC)c1OC. The highest BCUT2D eigenvalue weighted by molar-refractivity contribution is 6.10. The number of hydrogen-bond acceptors (Lipinski definition) is 5. The number of carbonyl (C=O) groups excluding carboxylic acids is 1. The van der Waals surface area contributed by atoms with Gasteiger partial charge < -0.3 is 14.2 Å². The highest BCUT2D eigenvalue weighted by Gasteiger charge is 2.19. The number of benzene rings is 2. The highest BCUT2D eigenvalue weighted by Crippen LogP contribution is 2.40. The molecule has 0 aliphatic carbocycles. The largest absolute Gasteiger partial charge is 0.493 e. The number of ketones is 1. The summed E-state index contributed by atoms with van der Waals surface area (Å²) in [5, 5.41) is 0.985. The van der Waals surface area contributed by atoms with Gasteiger partial charge in [-0.3, -0.25) is 9.78 Å². The van der Waals surface area contributed by atoms with Crippen LogP contribution in [0.25, 0.3) is 17.0 Å². The zero-order valence-corrected chi connectivity index (χ0v) is 14.9. The summed E-state index contributed by atoms with van der Waals surface area (Å²) in [5.74, 6) is 1.05. The van der Waals surface area contributed by atoms with Crippen molar-refractivity contribution < 1.29 is 19.0 Å². The zero-order chi connectivity index (χ0) is 18.5. The number of allylic oxidation sites excluding steroid dienone is 1. The van der Waals surface area contributed by atoms with Crippen LogP contribution >= 0.6 is 0 Å². The molecule has 0 aliphatic rings. The van der Waals surface area contributed by atoms with Gasteiger partial charge in [0, 0.05) is 11.6 Å². The number of methoxy groups -OCH3 is 3. The van der Waals surface area contributed by atoms with Crippen LogP contribution in [0, 0.1) is 0 Å². The summed E-state index contributed by atoms with van der Waals surface area (Å²) >= 11 is 0. The molecule has 0 unspecified atom stereocenters. The summed E-state index contributed by atoms with van der Waals surface area (Å²) in [6, 6.07) is 13.0. The summed E-state index contributed by atoms with van der Waals surface area (Å²) in [5.41, 5.74) is 2.20. The lowest BCUT2D eigenvalue weighted by atomic mass is 10.0. The van der Waals surface area contributed by atoms with Gasteiger partial charge in [-0.1, -0.05) is 24.3 Å². The molecule has 3 rings (SSSR count). The van der Waals surface area contributed by atoms with Gasteiger partial charge in [-0.05, 0) is 35.9 Å². The van der Waals surface area contributed by atoms with E-state index in [1.54, 1.807) is 24.4 Å². The molecule has 0 atom stereocenters. The topological polar surface area (TPSA) is 57.7 Å². The summed E-state index contributed by atoms with van der Waals surface area (Å²) < 4.78 is 16.0. The summed E-state index contributed by atoms with van der Waals surface area (Å²) in [4.78, 5) is 17.0. The first kappa shape index (κ1) is 17.5. The Kier molecular flexibility index (Phi) is 5.17. The maximum Gasteiger partial charge on any atom is 0.204 e. The van der Waals surface area contributed by atoms with Crippen LogP contribution in [-0.2, 0) is 0 Å². The summed E-state index contributed by atoms with van der Waals surface area (Å²) in [6.45, 7) is 0. The number of pyridine rings is 1. The van der Waals surface area contributed by atoms with Crippen molar-refractivity contribution in [2.45, 2.75) is 0 Å². The fraction of sp³-hybridized carbons (Fsp3) is 0.143. The lowest BCUT2D eigenvalue weighted by molar-refractivity contribution is 0.104. The molecule has 3 aromatic rings. The third kappa shape index (κ3) is 3.24. The first-order valence-corrected chi connectivity index (χ1v) is 8.04. The Balaban J connectivity index is 1.98. The second kappa shape index (κ2) is 7.70. The molecule has 0 aliphatic heterocycles. The van der Waals surface area contributed by atoms with Gasteiger partial charge in [-0.25, -0.2) is 0 Å². The first-order valence-electron chi connectivity index (χ1n) is 8.04. The minimum atomic E-state index is -0.191. The molecular weight excluding hydrogens is 330 g/mol. The number of rotatable bonds is 6. The standard InChI is InChI=1S/C21H19NO4/c1-24-19-11-9-16(20(25-2)21(19)26-3)18(23)10-8-14-12-13-22-17-7-5-4-6-15(14)17/h4-13H,1-3H3/b10-8+. The Hall–Kier alpha value is -3.34. The number of hydrogen-bond donors (Lipinski definition) is 0. The van der Waals surface area contributed by atoms with E-state index in [1.807, 2.05) is 30.3 Å². The molecule has 0 saturated heterocycles. The Morgan fingerprint density at radius 1 is 0.923 bits per heavy atom. The molecule has 5 heteroatoms. The minimum Gasteiger partial charge on any atom is -0.493 e. The predicted octanol–water partition coefficient (Wildman–Crippen LogP) is 4.16. The van der Waals surface area contributed by atoms with E-state index >= 15 is 0 Å². The van der Waals surface area contributed by atoms with Crippen LogP contribution in [0.4, 0.5) is 0 Å². The number of aromatic nitrogens is 1. The van der Waals surface area contributed by atoms with Crippen LogP contribution in [-0.4, -0.2) is 32.1 Å². The van der Waals surface area contributed by atoms with Gasteiger partial charge in [-0.15, -0.1) is 0 Å². The van der Waals surface area contributed by atoms with Gasteiger partial charge in [-0.2, -0.15) is 0 Å². The molecule has 0 fully saturated rings. The van der Waals surface area contributed by atoms with E-state index in [0.717, 1.165) is 16.5 Å². The van der Waals surface area contributed by atoms with E-state index in [4.69, 9.17) is 14.2 Å². The van der Waals surface area contributed by atoms with Crippen molar-refractivity contribution in [2.75, 3.05) is 21.3 Å². The fourth-order valence-corrected chi connectivity index (χ4v) is 2.81. The molecule has 0 bridgehead atoms. The molecule has 0 amide bonds. The van der Waals surface area contributed by atoms with Gasteiger partial charge in [0.15, 0.2) is 17.3 Å². The summed E-state index contributed by atoms with van der Waals surface area (Å²) in [7, 11) is 4.54. The van der Waals surface area contributed by atoms with Gasteiger partial charge >= 0.3 is 0 Å². The van der Waals surface area contributed by atoms with E-state index in [1.165, 1.54) is 27.4 Å². The quantitative estimate of drug-likeness (QED) is 0.494. The lowest BCUT2D eigenvalue weighted by Crippen LogP contribution is -2.02. The molecule has 0 spiro atoms. The molecule has 1 aromatic heterocycles. The van der Waals surface area contributed by atoms with Crippen molar-refractivity contribution in [3.63, 3.8) is 0 Å². The minimum absolute atomic E-state index is 0.191. The Morgan fingerprint density at radius 2 is 1.69 bits per heavy atom. The van der Waals surface area contributed by atoms with E-state index in [0.29, 0.717) is 22.8 Å². The van der Waals surface area contributed by atoms with Gasteiger partial charge in [0.05, 0.1) is 32.4 Å². The molecule has 2 aromatic carbocycles. The van der Waals surface area contributed by atoms with Crippen LogP contribution < -0.4 is 14.2 Å². The van der Waals surface area contributed by atoms with Crippen molar-refractivity contribution in [2.24, 2.45) is 0 Å². The average molecular weight is 349 g/mol. The smallest absolute Gasteiger partial charge is 0.204 e. The van der Waals surface area contributed by atoms with E-state index in [2.05, 4.69) is 4.98 Å². The van der Waals surface area contributed by atoms with Crippen molar-refractivity contribution in [1.82, 2.24) is 4.98 Å². The van der Waals surface area contributed by atoms with Gasteiger partial charge in [0.25, 0.3) is 0 Å². The molecule has 5 nitrogen and oxygen atoms in total. The molecule has 0 radical (unpaired) electrons. The van der Waals surface area contributed by atoms with Crippen LogP contribution in [0.1, 0.15) is 15.9 Å². The molecule has 26 heavy (non-hydrogen) atoms. The van der Waals surface area contributed by atoms with Crippen LogP contribution in [0.2, 0.25) is 0 Å². The van der Waals surface area contributed by atoms with E-state index in [-0.39, 0.29) is 5.78 Å². The Bertz CT molecular complexity index is 974. The number of carbonyl (C=O) groups is 1. The molecule has 132 valence electrons. The van der Waals surface area contributed by atoms with Crippen molar-refractivity contribution in [3.05, 3.63) is 65.9 Å². The van der Waals surface area contributed by atoms with E-state index in [9.17, 15) is 4.79 Å². The third-order valence-electron chi connectivity index (χ3n) is 4.07. The normalized spacial score (nSPS) is 10.9. The fourth-order valence-electron chi connectivity index (χ4n) is 2.81. The molecule has 0 N–H and O–H groups in total. The van der Waals surface area contributed by atoms with Crippen LogP contribution in [0.3, 0.4) is 0 Å². The maximum absolute atomic E-state index is 12.7. The summed E-state index contributed by atoms with van der Waals surface area (Å²) in [6.07, 6.45) is 5.03. The second-order valence-electron chi connectivity index (χ2n) is 5.50. The monoisotopic (exact) mass is 349 g/mol. The number of ether oxygens (including phenoxy) is 3. The third-order valence-corrected chi connectivity index (χ3v) is 4.07. The van der Waals surface area contributed by atoms with Crippen LogP contribution in [0.15, 0.2) is 54.7 Å². The number of nitrogens with zero attached hydrogens (tertiary/aromatic N) is 1. The lowest BCUT2D eigenvalue weighted by Gasteiger charge is -2.14. The van der Waals surface area contributed by atoms with Gasteiger partial charge in [0.2, 0.25) is 5.75 Å². The Labute approximate surface area is 151 Å². The molecule has 0 saturated carbocycles. The van der Waals surface area contributed by atoms with E-state index < -0.39 is 0 Å². The number of fused-ring (bicyclic) bond motifs is 1. The predicted molar refractivity (Wildman–Crippen MR) is 101 cm³/mol. The molecular formula is C21H19NO4. The van der Waals surface area contributed by atoms with Crippen LogP contribution in [0.5, 0.6) is 17.2 Å². The van der Waals surface area contributed by atoms with Crippen molar-refractivity contribution in [3.8, 4) is 17.2 Å². The van der Waals surface area contributed by atoms with Crippen molar-refractivity contribution in [1.29, 1.82) is 0 Å². The van der Waals surface area contributed by atoms with Crippen molar-refractivity contribution >= 4 is 22.8 Å². The zero-order valence-electron chi connectivity index (χ0n) is 14.9. The highest BCUT2D eigenvalue weighted by atomic mass is 16.5. The van der Waals surface area contributed by atoms with Gasteiger partial charge in [0.1, 0.15) is 0 Å². The first-order chi connectivity index (χ1) is 12.7. The molecule has 1 heterocycles.